The number of para-hydroxylation sites is 1. The molecule has 0 aliphatic carbocycles. The normalized spacial score (nSPS) is 12.0. The van der Waals surface area contributed by atoms with Crippen molar-refractivity contribution in [3.63, 3.8) is 0 Å². The lowest BCUT2D eigenvalue weighted by Gasteiger charge is -2.13. The fraction of sp³-hybridized carbons (Fsp3) is 0.0800. The van der Waals surface area contributed by atoms with E-state index in [0.717, 1.165) is 17.4 Å². The van der Waals surface area contributed by atoms with E-state index in [1.54, 1.807) is 18.2 Å². The highest BCUT2D eigenvalue weighted by Gasteiger charge is 2.13. The predicted octanol–water partition coefficient (Wildman–Crippen LogP) is 4.97. The van der Waals surface area contributed by atoms with Crippen LogP contribution in [0.25, 0.3) is 6.08 Å². The summed E-state index contributed by atoms with van der Waals surface area (Å²) >= 11 is 0. The summed E-state index contributed by atoms with van der Waals surface area (Å²) in [5.74, 6) is 0.533. The van der Waals surface area contributed by atoms with Crippen molar-refractivity contribution in [3.8, 4) is 5.75 Å². The van der Waals surface area contributed by atoms with E-state index in [0.29, 0.717) is 17.0 Å². The summed E-state index contributed by atoms with van der Waals surface area (Å²) in [5.41, 5.74) is 3.42. The Hall–Kier alpha value is -3.99. The Kier molecular flexibility index (Phi) is 6.11. The van der Waals surface area contributed by atoms with E-state index in [1.165, 1.54) is 0 Å². The van der Waals surface area contributed by atoms with E-state index in [-0.39, 0.29) is 12.6 Å². The second-order valence-electron chi connectivity index (χ2n) is 6.76. The molecule has 3 aromatic carbocycles. The number of benzene rings is 3. The summed E-state index contributed by atoms with van der Waals surface area (Å²) in [6, 6.07) is 27.3. The molecule has 0 radical (unpaired) electrons. The van der Waals surface area contributed by atoms with Gasteiger partial charge in [0.2, 0.25) is 0 Å². The highest BCUT2D eigenvalue weighted by atomic mass is 16.5. The molecular formula is C25H21N3O2. The van der Waals surface area contributed by atoms with Gasteiger partial charge in [-0.15, -0.1) is 5.10 Å². The quantitative estimate of drug-likeness (QED) is 0.395. The lowest BCUT2D eigenvalue weighted by Crippen LogP contribution is -2.09. The first kappa shape index (κ1) is 19.3. The highest BCUT2D eigenvalue weighted by Crippen LogP contribution is 2.21. The van der Waals surface area contributed by atoms with Crippen molar-refractivity contribution >= 4 is 12.4 Å². The van der Waals surface area contributed by atoms with Crippen molar-refractivity contribution in [3.05, 3.63) is 120 Å². The number of rotatable bonds is 8. The van der Waals surface area contributed by atoms with Crippen LogP contribution in [0.1, 0.15) is 33.2 Å². The zero-order valence-electron chi connectivity index (χ0n) is 16.3. The van der Waals surface area contributed by atoms with E-state index in [4.69, 9.17) is 4.74 Å². The third-order valence-corrected chi connectivity index (χ3v) is 4.68. The second kappa shape index (κ2) is 9.47. The van der Waals surface area contributed by atoms with Crippen molar-refractivity contribution < 1.29 is 9.53 Å². The maximum absolute atomic E-state index is 11.2. The summed E-state index contributed by atoms with van der Waals surface area (Å²) < 4.78 is 7.60. The van der Waals surface area contributed by atoms with Crippen molar-refractivity contribution in [2.45, 2.75) is 12.6 Å². The van der Waals surface area contributed by atoms with E-state index in [2.05, 4.69) is 46.7 Å². The molecule has 1 atom stereocenters. The lowest BCUT2D eigenvalue weighted by atomic mass is 10.1. The summed E-state index contributed by atoms with van der Waals surface area (Å²) in [7, 11) is 0. The minimum Gasteiger partial charge on any atom is -0.486 e. The molecule has 0 N–H and O–H groups in total. The smallest absolute Gasteiger partial charge is 0.153 e. The first-order valence-corrected chi connectivity index (χ1v) is 9.69. The van der Waals surface area contributed by atoms with Crippen LogP contribution >= 0.6 is 0 Å². The zero-order valence-corrected chi connectivity index (χ0v) is 16.3. The maximum atomic E-state index is 11.2. The molecule has 30 heavy (non-hydrogen) atoms. The largest absolute Gasteiger partial charge is 0.486 e. The standard InChI is InChI=1S/C25H21N3O2/c29-18-22-13-7-8-14-25(22)30-19-23-17-28(27-26-23)24(21-11-5-2-6-12-21)16-15-20-9-3-1-4-10-20/h1-18,24H,19H2/b16-15+. The summed E-state index contributed by atoms with van der Waals surface area (Å²) in [4.78, 5) is 11.2. The van der Waals surface area contributed by atoms with Gasteiger partial charge in [-0.05, 0) is 23.3 Å². The Morgan fingerprint density at radius 2 is 1.60 bits per heavy atom. The van der Waals surface area contributed by atoms with Gasteiger partial charge in [0.25, 0.3) is 0 Å². The first-order valence-electron chi connectivity index (χ1n) is 9.69. The van der Waals surface area contributed by atoms with Crippen LogP contribution in [0.4, 0.5) is 0 Å². The number of carbonyl (C=O) groups excluding carboxylic acids is 1. The van der Waals surface area contributed by atoms with Gasteiger partial charge in [0.1, 0.15) is 18.1 Å². The number of allylic oxidation sites excluding steroid dienone is 1. The van der Waals surface area contributed by atoms with Gasteiger partial charge in [-0.3, -0.25) is 4.79 Å². The molecule has 5 heteroatoms. The fourth-order valence-corrected chi connectivity index (χ4v) is 3.15. The van der Waals surface area contributed by atoms with Gasteiger partial charge in [-0.25, -0.2) is 4.68 Å². The molecule has 0 fully saturated rings. The molecule has 4 aromatic rings. The van der Waals surface area contributed by atoms with Gasteiger partial charge in [0, 0.05) is 0 Å². The van der Waals surface area contributed by atoms with Crippen molar-refractivity contribution in [1.29, 1.82) is 0 Å². The van der Waals surface area contributed by atoms with Gasteiger partial charge in [0.15, 0.2) is 6.29 Å². The Bertz CT molecular complexity index is 1120. The number of aromatic nitrogens is 3. The number of aldehydes is 1. The van der Waals surface area contributed by atoms with E-state index in [1.807, 2.05) is 53.3 Å². The van der Waals surface area contributed by atoms with Gasteiger partial charge in [-0.1, -0.05) is 90.2 Å². The Labute approximate surface area is 175 Å². The third kappa shape index (κ3) is 4.70. The van der Waals surface area contributed by atoms with Crippen LogP contribution in [0.3, 0.4) is 0 Å². The van der Waals surface area contributed by atoms with Gasteiger partial charge < -0.3 is 4.74 Å². The number of hydrogen-bond donors (Lipinski definition) is 0. The number of nitrogens with zero attached hydrogens (tertiary/aromatic N) is 3. The third-order valence-electron chi connectivity index (χ3n) is 4.68. The highest BCUT2D eigenvalue weighted by molar-refractivity contribution is 5.79. The lowest BCUT2D eigenvalue weighted by molar-refractivity contribution is 0.111. The SMILES string of the molecule is O=Cc1ccccc1OCc1cn(C(/C=C/c2ccccc2)c2ccccc2)nn1. The minimum atomic E-state index is -0.102. The molecule has 0 saturated heterocycles. The number of carbonyl (C=O) groups is 1. The van der Waals surface area contributed by atoms with Crippen LogP contribution in [0.15, 0.2) is 97.2 Å². The van der Waals surface area contributed by atoms with Crippen LogP contribution in [-0.4, -0.2) is 21.3 Å². The molecule has 148 valence electrons. The molecule has 0 amide bonds. The van der Waals surface area contributed by atoms with Crippen LogP contribution in [0.5, 0.6) is 5.75 Å². The molecule has 0 bridgehead atoms. The summed E-state index contributed by atoms with van der Waals surface area (Å²) in [5, 5.41) is 8.58. The second-order valence-corrected chi connectivity index (χ2v) is 6.76. The van der Waals surface area contributed by atoms with Crippen molar-refractivity contribution in [1.82, 2.24) is 15.0 Å². The molecule has 0 aliphatic heterocycles. The molecular weight excluding hydrogens is 374 g/mol. The molecule has 1 heterocycles. The average molecular weight is 395 g/mol. The number of ether oxygens (including phenoxy) is 1. The molecule has 0 spiro atoms. The number of hydrogen-bond acceptors (Lipinski definition) is 4. The topological polar surface area (TPSA) is 57.0 Å². The fourth-order valence-electron chi connectivity index (χ4n) is 3.15. The molecule has 4 rings (SSSR count). The monoisotopic (exact) mass is 395 g/mol. The predicted molar refractivity (Wildman–Crippen MR) is 116 cm³/mol. The van der Waals surface area contributed by atoms with E-state index >= 15 is 0 Å². The molecule has 5 nitrogen and oxygen atoms in total. The van der Waals surface area contributed by atoms with E-state index < -0.39 is 0 Å². The average Bonchev–Trinajstić information content (AvgIpc) is 3.28. The van der Waals surface area contributed by atoms with Crippen molar-refractivity contribution in [2.75, 3.05) is 0 Å². The van der Waals surface area contributed by atoms with Gasteiger partial charge in [0.05, 0.1) is 17.8 Å². The summed E-state index contributed by atoms with van der Waals surface area (Å²) in [6.07, 6.45) is 6.84. The van der Waals surface area contributed by atoms with E-state index in [9.17, 15) is 4.79 Å². The van der Waals surface area contributed by atoms with Crippen LogP contribution in [-0.2, 0) is 6.61 Å². The van der Waals surface area contributed by atoms with Crippen molar-refractivity contribution in [2.24, 2.45) is 0 Å². The van der Waals surface area contributed by atoms with Gasteiger partial charge in [-0.2, -0.15) is 0 Å². The van der Waals surface area contributed by atoms with Gasteiger partial charge >= 0.3 is 0 Å². The minimum absolute atomic E-state index is 0.102. The zero-order chi connectivity index (χ0) is 20.6. The first-order chi connectivity index (χ1) is 14.8. The van der Waals surface area contributed by atoms with Crippen LogP contribution < -0.4 is 4.74 Å². The molecule has 0 saturated carbocycles. The molecule has 1 aromatic heterocycles. The van der Waals surface area contributed by atoms with Crippen LogP contribution in [0.2, 0.25) is 0 Å². The Balaban J connectivity index is 1.55. The Morgan fingerprint density at radius 3 is 2.37 bits per heavy atom. The van der Waals surface area contributed by atoms with Crippen LogP contribution in [0, 0.1) is 0 Å². The molecule has 1 unspecified atom stereocenters. The Morgan fingerprint density at radius 1 is 0.900 bits per heavy atom. The summed E-state index contributed by atoms with van der Waals surface area (Å²) in [6.45, 7) is 0.231. The molecule has 0 aliphatic rings. The maximum Gasteiger partial charge on any atom is 0.153 e.